The summed E-state index contributed by atoms with van der Waals surface area (Å²) in [5.41, 5.74) is 3.22. The maximum Gasteiger partial charge on any atom is 0.255 e. The van der Waals surface area contributed by atoms with Crippen molar-refractivity contribution < 1.29 is 9.21 Å². The molecule has 128 valence electrons. The lowest BCUT2D eigenvalue weighted by Crippen LogP contribution is -2.11. The molecule has 0 saturated heterocycles. The number of carbonyl (C=O) groups is 1. The lowest BCUT2D eigenvalue weighted by molar-refractivity contribution is 0.102. The summed E-state index contributed by atoms with van der Waals surface area (Å²) in [5, 5.41) is 4.04. The zero-order chi connectivity index (χ0) is 18.1. The molecule has 26 heavy (non-hydrogen) atoms. The van der Waals surface area contributed by atoms with E-state index in [2.05, 4.69) is 10.3 Å². The fourth-order valence-corrected chi connectivity index (χ4v) is 2.87. The monoisotopic (exact) mass is 382 g/mol. The predicted molar refractivity (Wildman–Crippen MR) is 104 cm³/mol. The number of amides is 1. The van der Waals surface area contributed by atoms with E-state index in [0.29, 0.717) is 38.3 Å². The summed E-state index contributed by atoms with van der Waals surface area (Å²) in [6.45, 7) is 0. The first-order chi connectivity index (χ1) is 12.6. The van der Waals surface area contributed by atoms with E-state index in [0.717, 1.165) is 5.56 Å². The highest BCUT2D eigenvalue weighted by Gasteiger charge is 2.11. The molecule has 0 radical (unpaired) electrons. The van der Waals surface area contributed by atoms with E-state index in [1.165, 1.54) is 0 Å². The number of anilines is 1. The topological polar surface area (TPSA) is 55.1 Å². The standard InChI is InChI=1S/C20H12Cl2N2O2/c21-14-6-4-12(5-7-14)19(25)23-16-8-9-18-17(11-16)24-20(26-18)13-2-1-3-15(22)10-13/h1-11H,(H,23,25). The first-order valence-electron chi connectivity index (χ1n) is 7.82. The van der Waals surface area contributed by atoms with Gasteiger partial charge >= 0.3 is 0 Å². The number of fused-ring (bicyclic) bond motifs is 1. The van der Waals surface area contributed by atoms with Gasteiger partial charge in [0.05, 0.1) is 0 Å². The van der Waals surface area contributed by atoms with Gasteiger partial charge in [0, 0.05) is 26.9 Å². The van der Waals surface area contributed by atoms with Crippen LogP contribution in [0.15, 0.2) is 71.1 Å². The number of carbonyl (C=O) groups excluding carboxylic acids is 1. The van der Waals surface area contributed by atoms with Crippen molar-refractivity contribution in [3.8, 4) is 11.5 Å². The van der Waals surface area contributed by atoms with Crippen LogP contribution in [0.4, 0.5) is 5.69 Å². The number of hydrogen-bond donors (Lipinski definition) is 1. The Morgan fingerprint density at radius 2 is 1.73 bits per heavy atom. The molecule has 1 heterocycles. The highest BCUT2D eigenvalue weighted by Crippen LogP contribution is 2.27. The predicted octanol–water partition coefficient (Wildman–Crippen LogP) is 6.05. The van der Waals surface area contributed by atoms with Gasteiger partial charge < -0.3 is 9.73 Å². The third kappa shape index (κ3) is 3.43. The summed E-state index contributed by atoms with van der Waals surface area (Å²) in [7, 11) is 0. The van der Waals surface area contributed by atoms with Crippen LogP contribution >= 0.6 is 23.2 Å². The summed E-state index contributed by atoms with van der Waals surface area (Å²) in [5.74, 6) is 0.253. The second kappa shape index (κ2) is 6.83. The molecule has 1 N–H and O–H groups in total. The molecule has 0 aliphatic carbocycles. The van der Waals surface area contributed by atoms with E-state index >= 15 is 0 Å². The first kappa shape index (κ1) is 16.6. The summed E-state index contributed by atoms with van der Waals surface area (Å²) in [6.07, 6.45) is 0. The zero-order valence-electron chi connectivity index (χ0n) is 13.4. The molecule has 0 saturated carbocycles. The molecule has 4 aromatic rings. The second-order valence-corrected chi connectivity index (χ2v) is 6.55. The Morgan fingerprint density at radius 1 is 0.923 bits per heavy atom. The Balaban J connectivity index is 1.61. The van der Waals surface area contributed by atoms with Gasteiger partial charge in [0.25, 0.3) is 5.91 Å². The maximum atomic E-state index is 12.3. The van der Waals surface area contributed by atoms with Gasteiger partial charge in [-0.05, 0) is 60.7 Å². The molecular weight excluding hydrogens is 371 g/mol. The molecule has 0 spiro atoms. The summed E-state index contributed by atoms with van der Waals surface area (Å²) >= 11 is 11.9. The normalized spacial score (nSPS) is 10.8. The van der Waals surface area contributed by atoms with E-state index in [9.17, 15) is 4.79 Å². The summed E-state index contributed by atoms with van der Waals surface area (Å²) < 4.78 is 5.77. The zero-order valence-corrected chi connectivity index (χ0v) is 14.9. The van der Waals surface area contributed by atoms with Gasteiger partial charge in [0.2, 0.25) is 5.89 Å². The van der Waals surface area contributed by atoms with Crippen molar-refractivity contribution in [2.75, 3.05) is 5.32 Å². The quantitative estimate of drug-likeness (QED) is 0.468. The van der Waals surface area contributed by atoms with Crippen LogP contribution in [-0.2, 0) is 0 Å². The van der Waals surface area contributed by atoms with Gasteiger partial charge in [-0.15, -0.1) is 0 Å². The highest BCUT2D eigenvalue weighted by molar-refractivity contribution is 6.31. The average Bonchev–Trinajstić information content (AvgIpc) is 3.05. The SMILES string of the molecule is O=C(Nc1ccc2oc(-c3cccc(Cl)c3)nc2c1)c1ccc(Cl)cc1. The van der Waals surface area contributed by atoms with Crippen molar-refractivity contribution in [1.29, 1.82) is 0 Å². The van der Waals surface area contributed by atoms with E-state index < -0.39 is 0 Å². The van der Waals surface area contributed by atoms with Crippen LogP contribution in [-0.4, -0.2) is 10.9 Å². The highest BCUT2D eigenvalue weighted by atomic mass is 35.5. The van der Waals surface area contributed by atoms with Crippen LogP contribution in [0.1, 0.15) is 10.4 Å². The molecule has 0 aliphatic heterocycles. The maximum absolute atomic E-state index is 12.3. The van der Waals surface area contributed by atoms with Gasteiger partial charge in [0.15, 0.2) is 5.58 Å². The van der Waals surface area contributed by atoms with Gasteiger partial charge in [-0.2, -0.15) is 0 Å². The van der Waals surface area contributed by atoms with E-state index in [4.69, 9.17) is 27.6 Å². The minimum atomic E-state index is -0.223. The largest absolute Gasteiger partial charge is 0.436 e. The average molecular weight is 383 g/mol. The molecule has 0 aliphatic rings. The van der Waals surface area contributed by atoms with Crippen LogP contribution in [0.3, 0.4) is 0 Å². The molecule has 0 bridgehead atoms. The van der Waals surface area contributed by atoms with Crippen molar-refractivity contribution in [3.05, 3.63) is 82.3 Å². The number of hydrogen-bond acceptors (Lipinski definition) is 3. The van der Waals surface area contributed by atoms with Crippen molar-refractivity contribution in [2.45, 2.75) is 0 Å². The second-order valence-electron chi connectivity index (χ2n) is 5.67. The van der Waals surface area contributed by atoms with Crippen molar-refractivity contribution in [2.24, 2.45) is 0 Å². The number of benzene rings is 3. The summed E-state index contributed by atoms with van der Waals surface area (Å²) in [6, 6.07) is 19.3. The van der Waals surface area contributed by atoms with E-state index in [1.54, 1.807) is 54.6 Å². The Bertz CT molecular complexity index is 1100. The van der Waals surface area contributed by atoms with Crippen LogP contribution in [0.2, 0.25) is 10.0 Å². The van der Waals surface area contributed by atoms with Crippen molar-refractivity contribution in [3.63, 3.8) is 0 Å². The molecule has 1 aromatic heterocycles. The molecule has 0 unspecified atom stereocenters. The third-order valence-electron chi connectivity index (χ3n) is 3.82. The molecule has 0 fully saturated rings. The number of oxazole rings is 1. The Kier molecular flexibility index (Phi) is 4.37. The number of rotatable bonds is 3. The van der Waals surface area contributed by atoms with Crippen molar-refractivity contribution in [1.82, 2.24) is 4.98 Å². The van der Waals surface area contributed by atoms with E-state index in [1.807, 2.05) is 12.1 Å². The van der Waals surface area contributed by atoms with Crippen LogP contribution in [0.25, 0.3) is 22.6 Å². The fraction of sp³-hybridized carbons (Fsp3) is 0. The minimum Gasteiger partial charge on any atom is -0.436 e. The number of halogens is 2. The molecule has 3 aromatic carbocycles. The lowest BCUT2D eigenvalue weighted by atomic mass is 10.2. The van der Waals surface area contributed by atoms with Gasteiger partial charge in [-0.25, -0.2) is 4.98 Å². The molecule has 0 atom stereocenters. The number of nitrogens with zero attached hydrogens (tertiary/aromatic N) is 1. The lowest BCUT2D eigenvalue weighted by Gasteiger charge is -2.05. The Hall–Kier alpha value is -2.82. The van der Waals surface area contributed by atoms with Gasteiger partial charge in [-0.3, -0.25) is 4.79 Å². The molecule has 1 amide bonds. The van der Waals surface area contributed by atoms with Crippen LogP contribution in [0.5, 0.6) is 0 Å². The molecule has 4 rings (SSSR count). The summed E-state index contributed by atoms with van der Waals surface area (Å²) in [4.78, 5) is 16.8. The van der Waals surface area contributed by atoms with Gasteiger partial charge in [0.1, 0.15) is 5.52 Å². The van der Waals surface area contributed by atoms with E-state index in [-0.39, 0.29) is 5.91 Å². The van der Waals surface area contributed by atoms with Crippen LogP contribution < -0.4 is 5.32 Å². The third-order valence-corrected chi connectivity index (χ3v) is 4.31. The van der Waals surface area contributed by atoms with Crippen molar-refractivity contribution >= 4 is 45.9 Å². The molecule has 6 heteroatoms. The first-order valence-corrected chi connectivity index (χ1v) is 8.57. The Morgan fingerprint density at radius 3 is 2.50 bits per heavy atom. The number of aromatic nitrogens is 1. The fourth-order valence-electron chi connectivity index (χ4n) is 2.55. The van der Waals surface area contributed by atoms with Crippen LogP contribution in [0, 0.1) is 0 Å². The smallest absolute Gasteiger partial charge is 0.255 e. The molecular formula is C20H12Cl2N2O2. The minimum absolute atomic E-state index is 0.223. The van der Waals surface area contributed by atoms with Gasteiger partial charge in [-0.1, -0.05) is 29.3 Å². The molecule has 4 nitrogen and oxygen atoms in total. The Labute approximate surface area is 159 Å². The number of nitrogens with one attached hydrogen (secondary N) is 1.